The molecule has 0 fully saturated rings. The van der Waals surface area contributed by atoms with E-state index in [2.05, 4.69) is 0 Å². The molecule has 0 bridgehead atoms. The largest absolute Gasteiger partial charge is 0 e. The van der Waals surface area contributed by atoms with Gasteiger partial charge in [0.05, 0.1) is 0 Å². The minimum Gasteiger partial charge on any atom is 0 e. The Labute approximate surface area is 136 Å². The molecule has 65 valence electrons. The maximum atomic E-state index is 0. The molecule has 0 aliphatic rings. The van der Waals surface area contributed by atoms with Gasteiger partial charge in [0.15, 0.2) is 0 Å². The second-order valence-electron chi connectivity index (χ2n) is 0. The Morgan fingerprint density at radius 2 is 1.00 bits per heavy atom. The van der Waals surface area contributed by atoms with Gasteiger partial charge in [-0.1, -0.05) is 0 Å². The van der Waals surface area contributed by atoms with E-state index in [1.165, 1.54) is 0 Å². The summed E-state index contributed by atoms with van der Waals surface area (Å²) in [6, 6.07) is 0. The quantitative estimate of drug-likeness (QED) is 0.303. The first-order chi connectivity index (χ1) is 0. The molecule has 0 saturated heterocycles. The standard InChI is InChI=1S/Ag.Au.Cu.Ni.Pd.Pt.Zn. The Hall–Kier alpha value is 4.47. The third-order valence-electron chi connectivity index (χ3n) is 0. The average Bonchev–Trinajstić information content (AvgIpc) is 0. The molecule has 0 rings (SSSR count). The predicted molar refractivity (Wildman–Crippen MR) is 0 cm³/mol. The minimum atomic E-state index is 0. The zero-order valence-electron chi connectivity index (χ0n) is 2.56. The van der Waals surface area contributed by atoms with Crippen LogP contribution in [0.5, 0.6) is 0 Å². The Balaban J connectivity index is 0. The van der Waals surface area contributed by atoms with E-state index < -0.39 is 0 Å². The van der Waals surface area contributed by atoms with Crippen LogP contribution in [0.3, 0.4) is 0 Å². The molecule has 0 saturated carbocycles. The van der Waals surface area contributed by atoms with E-state index in [0.29, 0.717) is 0 Å². The van der Waals surface area contributed by atoms with Crippen molar-refractivity contribution in [2.75, 3.05) is 0 Å². The van der Waals surface area contributed by atoms with Crippen LogP contribution in [-0.2, 0) is 139 Å². The average molecular weight is 794 g/mol. The van der Waals surface area contributed by atoms with E-state index in [-0.39, 0.29) is 139 Å². The number of rotatable bonds is 0. The van der Waals surface area contributed by atoms with Gasteiger partial charge in [-0.2, -0.15) is 0 Å². The van der Waals surface area contributed by atoms with Gasteiger partial charge in [0, 0.05) is 139 Å². The molecule has 3 radical (unpaired) electrons. The molecule has 7 heavy (non-hydrogen) atoms. The van der Waals surface area contributed by atoms with E-state index in [0.717, 1.165) is 0 Å². The Morgan fingerprint density at radius 3 is 1.00 bits per heavy atom. The Kier molecular flexibility index (Phi) is 423. The maximum Gasteiger partial charge on any atom is 0 e. The van der Waals surface area contributed by atoms with Crippen LogP contribution in [0.2, 0.25) is 0 Å². The summed E-state index contributed by atoms with van der Waals surface area (Å²) in [5.41, 5.74) is 0. The van der Waals surface area contributed by atoms with E-state index in [9.17, 15) is 0 Å². The van der Waals surface area contributed by atoms with Gasteiger partial charge in [0.25, 0.3) is 0 Å². The van der Waals surface area contributed by atoms with Crippen LogP contribution in [0.1, 0.15) is 0 Å². The fourth-order valence-electron chi connectivity index (χ4n) is 0. The summed E-state index contributed by atoms with van der Waals surface area (Å²) >= 11 is 0. The molecule has 0 spiro atoms. The first-order valence-corrected chi connectivity index (χ1v) is 0. The number of hydrogen-bond donors (Lipinski definition) is 0. The molecular formula is AgAuCuNiPdPtZn. The normalized spacial score (nSPS) is 0. The first-order valence-electron chi connectivity index (χ1n) is 0. The summed E-state index contributed by atoms with van der Waals surface area (Å²) in [6.07, 6.45) is 0. The smallest absolute Gasteiger partial charge is 0 e. The third kappa shape index (κ3) is 37.6. The van der Waals surface area contributed by atoms with Gasteiger partial charge in [0.1, 0.15) is 0 Å². The Bertz CT molecular complexity index is 19.7. The van der Waals surface area contributed by atoms with Gasteiger partial charge in [-0.25, -0.2) is 0 Å². The van der Waals surface area contributed by atoms with E-state index in [4.69, 9.17) is 0 Å². The maximum absolute atomic E-state index is 0. The monoisotopic (exact) mass is 790 g/mol. The first kappa shape index (κ1) is 63.0. The minimum absolute atomic E-state index is 0. The van der Waals surface area contributed by atoms with Crippen LogP contribution >= 0.6 is 0 Å². The molecule has 0 aromatic carbocycles. The molecule has 0 heterocycles. The van der Waals surface area contributed by atoms with Crippen molar-refractivity contribution in [3.05, 3.63) is 0 Å². The van der Waals surface area contributed by atoms with Crippen molar-refractivity contribution in [2.45, 2.75) is 0 Å². The summed E-state index contributed by atoms with van der Waals surface area (Å²) in [4.78, 5) is 0. The zero-order valence-corrected chi connectivity index (χ0v) is 14.9. The van der Waals surface area contributed by atoms with Crippen molar-refractivity contribution >= 4 is 0 Å². The molecule has 0 aliphatic heterocycles. The molecule has 0 atom stereocenters. The summed E-state index contributed by atoms with van der Waals surface area (Å²) < 4.78 is 0. The van der Waals surface area contributed by atoms with Crippen LogP contribution < -0.4 is 0 Å². The summed E-state index contributed by atoms with van der Waals surface area (Å²) in [6.45, 7) is 0. The zero-order chi connectivity index (χ0) is 0. The molecule has 0 N–H and O–H groups in total. The summed E-state index contributed by atoms with van der Waals surface area (Å²) in [5.74, 6) is 0. The van der Waals surface area contributed by atoms with Crippen LogP contribution in [-0.4, -0.2) is 0 Å². The van der Waals surface area contributed by atoms with Crippen LogP contribution in [0.15, 0.2) is 0 Å². The van der Waals surface area contributed by atoms with Gasteiger partial charge >= 0.3 is 0 Å². The topological polar surface area (TPSA) is 0 Å². The second-order valence-corrected chi connectivity index (χ2v) is 0. The second kappa shape index (κ2) is 47.0. The van der Waals surface area contributed by atoms with Crippen molar-refractivity contribution in [1.29, 1.82) is 0 Å². The molecule has 0 aromatic rings. The fraction of sp³-hybridized carbons (Fsp3) is 0. The molecule has 0 aromatic heterocycles. The van der Waals surface area contributed by atoms with Gasteiger partial charge < -0.3 is 0 Å². The predicted octanol–water partition coefficient (Wildman–Crippen LogP) is -0.0175. The molecule has 7 heteroatoms. The van der Waals surface area contributed by atoms with Crippen LogP contribution in [0.25, 0.3) is 0 Å². The van der Waals surface area contributed by atoms with Gasteiger partial charge in [0.2, 0.25) is 0 Å². The third-order valence-corrected chi connectivity index (χ3v) is 0. The summed E-state index contributed by atoms with van der Waals surface area (Å²) in [5, 5.41) is 0. The van der Waals surface area contributed by atoms with Crippen molar-refractivity contribution in [1.82, 2.24) is 0 Å². The van der Waals surface area contributed by atoms with E-state index in [1.54, 1.807) is 0 Å². The van der Waals surface area contributed by atoms with Gasteiger partial charge in [-0.3, -0.25) is 0 Å². The van der Waals surface area contributed by atoms with E-state index >= 15 is 0 Å². The number of hydrogen-bond acceptors (Lipinski definition) is 0. The van der Waals surface area contributed by atoms with E-state index in [1.807, 2.05) is 0 Å². The molecule has 0 unspecified atom stereocenters. The fourth-order valence-corrected chi connectivity index (χ4v) is 0. The molecule has 0 aliphatic carbocycles. The van der Waals surface area contributed by atoms with Gasteiger partial charge in [-0.15, -0.1) is 0 Å². The van der Waals surface area contributed by atoms with Crippen LogP contribution in [0, 0.1) is 0 Å². The van der Waals surface area contributed by atoms with Crippen LogP contribution in [0.4, 0.5) is 0 Å². The Morgan fingerprint density at radius 1 is 1.00 bits per heavy atom. The SMILES string of the molecule is [Ag].[Au].[Cu].[Ni].[Pd].[Pt].[Zn]. The molecular weight excluding hydrogens is 794 g/mol. The summed E-state index contributed by atoms with van der Waals surface area (Å²) in [7, 11) is 0. The molecule has 0 nitrogen and oxygen atoms in total. The van der Waals surface area contributed by atoms with Crippen molar-refractivity contribution in [3.63, 3.8) is 0 Å². The van der Waals surface area contributed by atoms with Crippen molar-refractivity contribution in [3.8, 4) is 0 Å². The van der Waals surface area contributed by atoms with Gasteiger partial charge in [-0.05, 0) is 0 Å². The molecule has 0 amide bonds. The van der Waals surface area contributed by atoms with Crippen molar-refractivity contribution < 1.29 is 139 Å². The van der Waals surface area contributed by atoms with Crippen molar-refractivity contribution in [2.24, 2.45) is 0 Å².